The highest BCUT2D eigenvalue weighted by Crippen LogP contribution is 2.17. The van der Waals surface area contributed by atoms with Gasteiger partial charge in [0.1, 0.15) is 0 Å². The Morgan fingerprint density at radius 2 is 1.93 bits per heavy atom. The van der Waals surface area contributed by atoms with Crippen LogP contribution < -0.4 is 11.3 Å². The summed E-state index contributed by atoms with van der Waals surface area (Å²) in [5.74, 6) is 0. The zero-order valence-electron chi connectivity index (χ0n) is 8.02. The van der Waals surface area contributed by atoms with Gasteiger partial charge in [-0.2, -0.15) is 0 Å². The minimum atomic E-state index is -0.0457. The molecule has 0 atom stereocenters. The number of nitrogens with two attached hydrogens (primary N) is 1. The summed E-state index contributed by atoms with van der Waals surface area (Å²) in [5, 5.41) is 0.604. The molecule has 4 nitrogen and oxygen atoms in total. The zero-order chi connectivity index (χ0) is 9.59. The second-order valence-electron chi connectivity index (χ2n) is 3.19. The molecule has 0 aliphatic carbocycles. The van der Waals surface area contributed by atoms with Crippen molar-refractivity contribution in [3.8, 4) is 0 Å². The second kappa shape index (κ2) is 3.38. The van der Waals surface area contributed by atoms with E-state index in [4.69, 9.17) is 5.73 Å². The molecular formula is C9H12ClN3O. The van der Waals surface area contributed by atoms with Gasteiger partial charge in [0.25, 0.3) is 5.56 Å². The van der Waals surface area contributed by atoms with Crippen molar-refractivity contribution in [1.29, 1.82) is 0 Å². The topological polar surface area (TPSA) is 52.9 Å². The van der Waals surface area contributed by atoms with Crippen molar-refractivity contribution in [2.75, 3.05) is 5.73 Å². The molecule has 0 aliphatic rings. The molecule has 0 fully saturated rings. The lowest BCUT2D eigenvalue weighted by molar-refractivity contribution is 0.869. The highest BCUT2D eigenvalue weighted by atomic mass is 35.5. The summed E-state index contributed by atoms with van der Waals surface area (Å²) in [5.41, 5.74) is 7.08. The number of anilines is 1. The van der Waals surface area contributed by atoms with Gasteiger partial charge < -0.3 is 14.9 Å². The van der Waals surface area contributed by atoms with Gasteiger partial charge in [0, 0.05) is 26.5 Å². The van der Waals surface area contributed by atoms with Crippen LogP contribution in [0.4, 0.5) is 5.69 Å². The van der Waals surface area contributed by atoms with Gasteiger partial charge in [-0.25, -0.2) is 0 Å². The maximum atomic E-state index is 11.6. The number of nitrogen functional groups attached to an aromatic ring is 1. The van der Waals surface area contributed by atoms with Crippen molar-refractivity contribution in [2.24, 2.45) is 14.1 Å². The van der Waals surface area contributed by atoms with E-state index in [2.05, 4.69) is 0 Å². The Morgan fingerprint density at radius 1 is 1.29 bits per heavy atom. The molecule has 2 heterocycles. The molecule has 76 valence electrons. The van der Waals surface area contributed by atoms with E-state index >= 15 is 0 Å². The van der Waals surface area contributed by atoms with Crippen LogP contribution >= 0.6 is 12.4 Å². The Balaban J connectivity index is 0.000000980. The van der Waals surface area contributed by atoms with Gasteiger partial charge >= 0.3 is 0 Å². The van der Waals surface area contributed by atoms with E-state index < -0.39 is 0 Å². The van der Waals surface area contributed by atoms with Gasteiger partial charge in [-0.05, 0) is 6.07 Å². The van der Waals surface area contributed by atoms with Crippen molar-refractivity contribution in [3.63, 3.8) is 0 Å². The number of rotatable bonds is 0. The molecule has 0 unspecified atom stereocenters. The minimum absolute atomic E-state index is 0. The summed E-state index contributed by atoms with van der Waals surface area (Å²) in [6, 6.07) is 1.88. The summed E-state index contributed by atoms with van der Waals surface area (Å²) in [4.78, 5) is 11.6. The third-order valence-corrected chi connectivity index (χ3v) is 2.25. The average molecular weight is 214 g/mol. The van der Waals surface area contributed by atoms with Crippen LogP contribution in [0.3, 0.4) is 0 Å². The molecule has 0 aliphatic heterocycles. The maximum Gasteiger partial charge on any atom is 0.261 e. The molecule has 5 heteroatoms. The predicted octanol–water partition coefficient (Wildman–Crippen LogP) is 0.881. The highest BCUT2D eigenvalue weighted by Gasteiger charge is 2.07. The number of fused-ring (bicyclic) bond motifs is 1. The first kappa shape index (κ1) is 10.7. The molecule has 0 radical (unpaired) electrons. The first-order chi connectivity index (χ1) is 6.11. The number of aromatic nitrogens is 2. The van der Waals surface area contributed by atoms with Crippen molar-refractivity contribution in [3.05, 3.63) is 28.8 Å². The summed E-state index contributed by atoms with van der Waals surface area (Å²) in [7, 11) is 3.59. The van der Waals surface area contributed by atoms with Gasteiger partial charge in [-0.3, -0.25) is 4.79 Å². The first-order valence-corrected chi connectivity index (χ1v) is 4.01. The Hall–Kier alpha value is -1.42. The van der Waals surface area contributed by atoms with Crippen LogP contribution in [0.2, 0.25) is 0 Å². The fraction of sp³-hybridized carbons (Fsp3) is 0.222. The molecule has 0 saturated carbocycles. The van der Waals surface area contributed by atoms with E-state index in [1.54, 1.807) is 19.4 Å². The lowest BCUT2D eigenvalue weighted by atomic mass is 10.3. The highest BCUT2D eigenvalue weighted by molar-refractivity contribution is 5.90. The van der Waals surface area contributed by atoms with Crippen molar-refractivity contribution in [2.45, 2.75) is 0 Å². The minimum Gasteiger partial charge on any atom is -0.397 e. The second-order valence-corrected chi connectivity index (χ2v) is 3.19. The molecule has 0 spiro atoms. The molecule has 0 bridgehead atoms. The lowest BCUT2D eigenvalue weighted by Gasteiger charge is -1.98. The van der Waals surface area contributed by atoms with E-state index in [0.717, 1.165) is 5.52 Å². The Kier molecular flexibility index (Phi) is 2.57. The van der Waals surface area contributed by atoms with Crippen LogP contribution in [0.25, 0.3) is 10.9 Å². The molecule has 0 amide bonds. The lowest BCUT2D eigenvalue weighted by Crippen LogP contribution is -2.15. The van der Waals surface area contributed by atoms with E-state index in [9.17, 15) is 4.79 Å². The zero-order valence-corrected chi connectivity index (χ0v) is 8.84. The number of halogens is 1. The number of hydrogen-bond acceptors (Lipinski definition) is 2. The number of hydrogen-bond donors (Lipinski definition) is 1. The Morgan fingerprint density at radius 3 is 2.57 bits per heavy atom. The van der Waals surface area contributed by atoms with E-state index in [1.165, 1.54) is 4.57 Å². The van der Waals surface area contributed by atoms with Gasteiger partial charge in [0.15, 0.2) is 0 Å². The van der Waals surface area contributed by atoms with Crippen molar-refractivity contribution < 1.29 is 0 Å². The van der Waals surface area contributed by atoms with E-state index in [-0.39, 0.29) is 18.0 Å². The van der Waals surface area contributed by atoms with Crippen LogP contribution in [0.15, 0.2) is 23.3 Å². The molecule has 0 saturated heterocycles. The average Bonchev–Trinajstić information content (AvgIpc) is 2.35. The fourth-order valence-electron chi connectivity index (χ4n) is 1.53. The van der Waals surface area contributed by atoms with Crippen LogP contribution in [0.1, 0.15) is 0 Å². The van der Waals surface area contributed by atoms with E-state index in [1.807, 2.05) is 17.7 Å². The molecule has 2 aromatic rings. The third-order valence-electron chi connectivity index (χ3n) is 2.25. The molecule has 0 aromatic carbocycles. The molecule has 2 N–H and O–H groups in total. The predicted molar refractivity (Wildman–Crippen MR) is 59.8 cm³/mol. The van der Waals surface area contributed by atoms with Crippen molar-refractivity contribution in [1.82, 2.24) is 9.13 Å². The molecular weight excluding hydrogens is 202 g/mol. The van der Waals surface area contributed by atoms with Gasteiger partial charge in [-0.1, -0.05) is 0 Å². The number of pyridine rings is 1. The van der Waals surface area contributed by atoms with Crippen LogP contribution in [0, 0.1) is 0 Å². The number of nitrogens with zero attached hydrogens (tertiary/aromatic N) is 2. The summed E-state index contributed by atoms with van der Waals surface area (Å²) >= 11 is 0. The summed E-state index contributed by atoms with van der Waals surface area (Å²) < 4.78 is 3.38. The first-order valence-electron chi connectivity index (χ1n) is 4.01. The van der Waals surface area contributed by atoms with Crippen molar-refractivity contribution >= 4 is 29.0 Å². The number of aryl methyl sites for hydroxylation is 2. The quantitative estimate of drug-likeness (QED) is 0.707. The van der Waals surface area contributed by atoms with Crippen LogP contribution in [-0.2, 0) is 14.1 Å². The summed E-state index contributed by atoms with van der Waals surface area (Å²) in [6.45, 7) is 0. The largest absolute Gasteiger partial charge is 0.397 e. The molecule has 14 heavy (non-hydrogen) atoms. The van der Waals surface area contributed by atoms with Gasteiger partial charge in [0.2, 0.25) is 0 Å². The maximum absolute atomic E-state index is 11.6. The van der Waals surface area contributed by atoms with Gasteiger partial charge in [-0.15, -0.1) is 12.4 Å². The summed E-state index contributed by atoms with van der Waals surface area (Å²) in [6.07, 6.45) is 3.50. The van der Waals surface area contributed by atoms with E-state index in [0.29, 0.717) is 11.1 Å². The molecule has 2 rings (SSSR count). The SMILES string of the molecule is Cl.Cn1ccc2c(c(N)cn2C)c1=O. The fourth-order valence-corrected chi connectivity index (χ4v) is 1.53. The monoisotopic (exact) mass is 213 g/mol. The standard InChI is InChI=1S/C9H11N3O.ClH/c1-11-4-3-7-8(9(11)13)6(10)5-12(7)2;/h3-5H,10H2,1-2H3;1H. The third kappa shape index (κ3) is 1.28. The Bertz CT molecular complexity index is 527. The van der Waals surface area contributed by atoms with Gasteiger partial charge in [0.05, 0.1) is 16.6 Å². The smallest absolute Gasteiger partial charge is 0.261 e. The van der Waals surface area contributed by atoms with Crippen LogP contribution in [0.5, 0.6) is 0 Å². The Labute approximate surface area is 87.3 Å². The van der Waals surface area contributed by atoms with Crippen LogP contribution in [-0.4, -0.2) is 9.13 Å². The normalized spacial score (nSPS) is 10.1. The molecule has 2 aromatic heterocycles.